The molecule has 0 aliphatic rings. The molecule has 0 bridgehead atoms. The average molecular weight is 260 g/mol. The fraction of sp³-hybridized carbons (Fsp3) is 0.429. The Morgan fingerprint density at radius 2 is 2.21 bits per heavy atom. The maximum absolute atomic E-state index is 5.36. The largest absolute Gasteiger partial charge is 0.496 e. The van der Waals surface area contributed by atoms with Crippen molar-refractivity contribution in [2.24, 2.45) is 7.05 Å². The Kier molecular flexibility index (Phi) is 4.52. The van der Waals surface area contributed by atoms with Gasteiger partial charge < -0.3 is 14.6 Å². The van der Waals surface area contributed by atoms with Crippen molar-refractivity contribution in [3.8, 4) is 5.75 Å². The van der Waals surface area contributed by atoms with Crippen LogP contribution < -0.4 is 10.1 Å². The fourth-order valence-corrected chi connectivity index (χ4v) is 2.00. The Hall–Kier alpha value is -1.88. The predicted octanol–water partition coefficient (Wildman–Crippen LogP) is 1.46. The quantitative estimate of drug-likeness (QED) is 0.799. The van der Waals surface area contributed by atoms with Crippen molar-refractivity contribution in [3.05, 3.63) is 41.5 Å². The van der Waals surface area contributed by atoms with Gasteiger partial charge in [-0.2, -0.15) is 0 Å². The van der Waals surface area contributed by atoms with Gasteiger partial charge in [0.05, 0.1) is 7.11 Å². The van der Waals surface area contributed by atoms with E-state index in [1.807, 2.05) is 17.7 Å². The second-order valence-corrected chi connectivity index (χ2v) is 4.60. The summed E-state index contributed by atoms with van der Waals surface area (Å²) in [6.07, 6.45) is 2.59. The summed E-state index contributed by atoms with van der Waals surface area (Å²) in [4.78, 5) is 0. The summed E-state index contributed by atoms with van der Waals surface area (Å²) in [5.74, 6) is 1.92. The Balaban J connectivity index is 1.86. The predicted molar refractivity (Wildman–Crippen MR) is 74.1 cm³/mol. The zero-order valence-electron chi connectivity index (χ0n) is 11.7. The van der Waals surface area contributed by atoms with Crippen molar-refractivity contribution in [2.45, 2.75) is 19.9 Å². The zero-order chi connectivity index (χ0) is 13.7. The lowest BCUT2D eigenvalue weighted by molar-refractivity contribution is 0.407. The normalized spacial score (nSPS) is 10.7. The van der Waals surface area contributed by atoms with E-state index < -0.39 is 0 Å². The molecule has 0 radical (unpaired) electrons. The first-order valence-corrected chi connectivity index (χ1v) is 6.38. The third kappa shape index (κ3) is 3.54. The molecule has 0 aliphatic heterocycles. The minimum absolute atomic E-state index is 0.794. The van der Waals surface area contributed by atoms with Gasteiger partial charge in [0.1, 0.15) is 17.9 Å². The SMILES string of the molecule is COc1ccc(C)cc1CNCCc1nncn1C. The van der Waals surface area contributed by atoms with E-state index in [4.69, 9.17) is 4.74 Å². The first kappa shape index (κ1) is 13.5. The third-order valence-corrected chi connectivity index (χ3v) is 3.08. The van der Waals surface area contributed by atoms with E-state index in [9.17, 15) is 0 Å². The Bertz CT molecular complexity index is 536. The summed E-state index contributed by atoms with van der Waals surface area (Å²) in [6.45, 7) is 3.74. The summed E-state index contributed by atoms with van der Waals surface area (Å²) >= 11 is 0. The summed E-state index contributed by atoms with van der Waals surface area (Å²) in [5.41, 5.74) is 2.42. The summed E-state index contributed by atoms with van der Waals surface area (Å²) in [6, 6.07) is 6.21. The first-order chi connectivity index (χ1) is 9.20. The Morgan fingerprint density at radius 3 is 2.89 bits per heavy atom. The number of hydrogen-bond donors (Lipinski definition) is 1. The summed E-state index contributed by atoms with van der Waals surface area (Å²) in [5, 5.41) is 11.3. The Labute approximate surface area is 113 Å². The van der Waals surface area contributed by atoms with Crippen LogP contribution in [-0.2, 0) is 20.0 Å². The van der Waals surface area contributed by atoms with Crippen molar-refractivity contribution in [1.82, 2.24) is 20.1 Å². The number of aromatic nitrogens is 3. The van der Waals surface area contributed by atoms with Crippen LogP contribution in [0.5, 0.6) is 5.75 Å². The fourth-order valence-electron chi connectivity index (χ4n) is 2.00. The molecule has 102 valence electrons. The average Bonchev–Trinajstić information content (AvgIpc) is 2.80. The lowest BCUT2D eigenvalue weighted by Crippen LogP contribution is -2.18. The van der Waals surface area contributed by atoms with E-state index in [0.717, 1.165) is 31.1 Å². The van der Waals surface area contributed by atoms with Crippen LogP contribution in [0.4, 0.5) is 0 Å². The number of rotatable bonds is 6. The van der Waals surface area contributed by atoms with Crippen molar-refractivity contribution in [3.63, 3.8) is 0 Å². The molecule has 1 aromatic heterocycles. The molecule has 0 aliphatic carbocycles. The lowest BCUT2D eigenvalue weighted by Gasteiger charge is -2.10. The third-order valence-electron chi connectivity index (χ3n) is 3.08. The zero-order valence-corrected chi connectivity index (χ0v) is 11.7. The van der Waals surface area contributed by atoms with E-state index in [0.29, 0.717) is 0 Å². The van der Waals surface area contributed by atoms with Crippen molar-refractivity contribution < 1.29 is 4.74 Å². The minimum Gasteiger partial charge on any atom is -0.496 e. The summed E-state index contributed by atoms with van der Waals surface area (Å²) in [7, 11) is 3.66. The van der Waals surface area contributed by atoms with Gasteiger partial charge in [-0.15, -0.1) is 10.2 Å². The molecule has 2 rings (SSSR count). The van der Waals surface area contributed by atoms with E-state index in [1.54, 1.807) is 13.4 Å². The highest BCUT2D eigenvalue weighted by Crippen LogP contribution is 2.19. The number of aryl methyl sites for hydroxylation is 2. The molecule has 1 N–H and O–H groups in total. The van der Waals surface area contributed by atoms with Gasteiger partial charge in [-0.05, 0) is 13.0 Å². The second kappa shape index (κ2) is 6.33. The molecule has 0 spiro atoms. The van der Waals surface area contributed by atoms with Gasteiger partial charge in [-0.3, -0.25) is 0 Å². The molecule has 0 saturated carbocycles. The molecule has 5 heteroatoms. The smallest absolute Gasteiger partial charge is 0.133 e. The molecular formula is C14H20N4O. The number of nitrogens with zero attached hydrogens (tertiary/aromatic N) is 3. The second-order valence-electron chi connectivity index (χ2n) is 4.60. The van der Waals surface area contributed by atoms with Gasteiger partial charge in [-0.25, -0.2) is 0 Å². The van der Waals surface area contributed by atoms with Crippen LogP contribution in [0, 0.1) is 6.92 Å². The molecule has 0 amide bonds. The summed E-state index contributed by atoms with van der Waals surface area (Å²) < 4.78 is 7.30. The Morgan fingerprint density at radius 1 is 1.37 bits per heavy atom. The lowest BCUT2D eigenvalue weighted by atomic mass is 10.1. The standard InChI is InChI=1S/C14H20N4O/c1-11-4-5-13(19-3)12(8-11)9-15-7-6-14-17-16-10-18(14)2/h4-5,8,10,15H,6-7,9H2,1-3H3. The van der Waals surface area contributed by atoms with Crippen LogP contribution in [0.25, 0.3) is 0 Å². The van der Waals surface area contributed by atoms with Crippen molar-refractivity contribution in [2.75, 3.05) is 13.7 Å². The maximum atomic E-state index is 5.36. The van der Waals surface area contributed by atoms with Crippen LogP contribution in [0.15, 0.2) is 24.5 Å². The first-order valence-electron chi connectivity index (χ1n) is 6.38. The van der Waals surface area contributed by atoms with Crippen LogP contribution in [0.3, 0.4) is 0 Å². The van der Waals surface area contributed by atoms with E-state index in [2.05, 4.69) is 34.6 Å². The molecule has 0 fully saturated rings. The van der Waals surface area contributed by atoms with Gasteiger partial charge in [0.25, 0.3) is 0 Å². The van der Waals surface area contributed by atoms with Crippen LogP contribution in [0.2, 0.25) is 0 Å². The van der Waals surface area contributed by atoms with Gasteiger partial charge >= 0.3 is 0 Å². The molecule has 5 nitrogen and oxygen atoms in total. The van der Waals surface area contributed by atoms with Gasteiger partial charge in [0.15, 0.2) is 0 Å². The highest BCUT2D eigenvalue weighted by molar-refractivity contribution is 5.36. The van der Waals surface area contributed by atoms with Crippen LogP contribution in [-0.4, -0.2) is 28.4 Å². The van der Waals surface area contributed by atoms with E-state index in [-0.39, 0.29) is 0 Å². The molecule has 0 unspecified atom stereocenters. The molecule has 0 atom stereocenters. The van der Waals surface area contributed by atoms with Crippen molar-refractivity contribution in [1.29, 1.82) is 0 Å². The van der Waals surface area contributed by atoms with E-state index in [1.165, 1.54) is 11.1 Å². The molecule has 1 aromatic carbocycles. The van der Waals surface area contributed by atoms with Crippen LogP contribution >= 0.6 is 0 Å². The maximum Gasteiger partial charge on any atom is 0.133 e. The molecule has 1 heterocycles. The molecule has 19 heavy (non-hydrogen) atoms. The van der Waals surface area contributed by atoms with Gasteiger partial charge in [-0.1, -0.05) is 17.7 Å². The topological polar surface area (TPSA) is 52.0 Å². The molecule has 2 aromatic rings. The minimum atomic E-state index is 0.794. The number of benzene rings is 1. The number of methoxy groups -OCH3 is 1. The van der Waals surface area contributed by atoms with Crippen LogP contribution in [0.1, 0.15) is 17.0 Å². The van der Waals surface area contributed by atoms with Gasteiger partial charge in [0.2, 0.25) is 0 Å². The number of nitrogens with one attached hydrogen (secondary N) is 1. The highest BCUT2D eigenvalue weighted by Gasteiger charge is 2.04. The molecular weight excluding hydrogens is 240 g/mol. The highest BCUT2D eigenvalue weighted by atomic mass is 16.5. The van der Waals surface area contributed by atoms with Gasteiger partial charge in [0, 0.05) is 32.1 Å². The monoisotopic (exact) mass is 260 g/mol. The molecule has 0 saturated heterocycles. The van der Waals surface area contributed by atoms with Crippen molar-refractivity contribution >= 4 is 0 Å². The number of ether oxygens (including phenoxy) is 1. The number of hydrogen-bond acceptors (Lipinski definition) is 4. The van der Waals surface area contributed by atoms with E-state index >= 15 is 0 Å².